The summed E-state index contributed by atoms with van der Waals surface area (Å²) in [6.07, 6.45) is 1.35. The number of nitrogens with zero attached hydrogens (tertiary/aromatic N) is 1. The van der Waals surface area contributed by atoms with Gasteiger partial charge in [-0.25, -0.2) is 9.69 Å². The summed E-state index contributed by atoms with van der Waals surface area (Å²) in [4.78, 5) is 49.9. The Balaban J connectivity index is 1.61. The standard InChI is InChI=1S/C26H19ClN2O6/c1-15-6-11-19(13-21(15)27)29-24(31)20(23(30)28-26(29)34)12-18-4-2-3-5-22(18)35-14-16-7-9-17(10-8-16)25(32)33/h2-13H,14H2,1H3,(H,32,33)(H,28,30,34)/p-1/b20-12+. The van der Waals surface area contributed by atoms with Crippen LogP contribution in [-0.4, -0.2) is 23.8 Å². The molecule has 0 bridgehead atoms. The molecule has 0 atom stereocenters. The van der Waals surface area contributed by atoms with Crippen LogP contribution in [0.1, 0.15) is 27.0 Å². The highest BCUT2D eigenvalue weighted by Crippen LogP contribution is 2.28. The van der Waals surface area contributed by atoms with Gasteiger partial charge in [-0.05, 0) is 47.9 Å². The van der Waals surface area contributed by atoms with Crippen molar-refractivity contribution in [3.8, 4) is 5.75 Å². The number of hydrogen-bond acceptors (Lipinski definition) is 6. The quantitative estimate of drug-likeness (QED) is 0.419. The summed E-state index contributed by atoms with van der Waals surface area (Å²) >= 11 is 6.15. The second-order valence-electron chi connectivity index (χ2n) is 7.70. The number of halogens is 1. The Labute approximate surface area is 205 Å². The maximum absolute atomic E-state index is 13.2. The van der Waals surface area contributed by atoms with Gasteiger partial charge in [0, 0.05) is 10.6 Å². The van der Waals surface area contributed by atoms with Gasteiger partial charge in [0.05, 0.1) is 11.7 Å². The minimum absolute atomic E-state index is 0.0506. The third-order valence-electron chi connectivity index (χ3n) is 5.32. The largest absolute Gasteiger partial charge is 0.545 e. The van der Waals surface area contributed by atoms with E-state index >= 15 is 0 Å². The SMILES string of the molecule is Cc1ccc(N2C(=O)NC(=O)/C(=C\c3ccccc3OCc3ccc(C(=O)[O-])cc3)C2=O)cc1Cl. The minimum atomic E-state index is -1.27. The van der Waals surface area contributed by atoms with Crippen molar-refractivity contribution in [3.05, 3.63) is 99.6 Å². The molecular weight excluding hydrogens is 472 g/mol. The number of para-hydroxylation sites is 1. The molecule has 0 aliphatic carbocycles. The average molecular weight is 490 g/mol. The van der Waals surface area contributed by atoms with Crippen molar-refractivity contribution in [2.24, 2.45) is 0 Å². The molecule has 1 aliphatic rings. The summed E-state index contributed by atoms with van der Waals surface area (Å²) in [5.74, 6) is -2.52. The van der Waals surface area contributed by atoms with E-state index in [1.807, 2.05) is 0 Å². The summed E-state index contributed by atoms with van der Waals surface area (Å²) in [6, 6.07) is 16.6. The number of benzene rings is 3. The molecule has 4 rings (SSSR count). The number of aryl methyl sites for hydroxylation is 1. The van der Waals surface area contributed by atoms with Crippen molar-refractivity contribution in [1.82, 2.24) is 5.32 Å². The number of barbiturate groups is 1. The lowest BCUT2D eigenvalue weighted by Gasteiger charge is -2.26. The van der Waals surface area contributed by atoms with E-state index in [1.54, 1.807) is 55.5 Å². The lowest BCUT2D eigenvalue weighted by atomic mass is 10.1. The maximum atomic E-state index is 13.2. The highest BCUT2D eigenvalue weighted by atomic mass is 35.5. The Morgan fingerprint density at radius 3 is 2.46 bits per heavy atom. The molecule has 3 aromatic carbocycles. The molecule has 0 spiro atoms. The molecule has 0 aromatic heterocycles. The number of aromatic carboxylic acids is 1. The molecule has 9 heteroatoms. The number of carbonyl (C=O) groups is 4. The van der Waals surface area contributed by atoms with Crippen molar-refractivity contribution in [2.45, 2.75) is 13.5 Å². The highest BCUT2D eigenvalue weighted by Gasteiger charge is 2.37. The predicted octanol–water partition coefficient (Wildman–Crippen LogP) is 3.26. The number of carbonyl (C=O) groups excluding carboxylic acids is 4. The first-order valence-electron chi connectivity index (χ1n) is 10.4. The monoisotopic (exact) mass is 489 g/mol. The summed E-state index contributed by atoms with van der Waals surface area (Å²) < 4.78 is 5.85. The normalized spacial score (nSPS) is 14.7. The van der Waals surface area contributed by atoms with Crippen molar-refractivity contribution in [2.75, 3.05) is 4.90 Å². The van der Waals surface area contributed by atoms with E-state index in [1.165, 1.54) is 24.3 Å². The number of urea groups is 1. The minimum Gasteiger partial charge on any atom is -0.545 e. The topological polar surface area (TPSA) is 116 Å². The Morgan fingerprint density at radius 2 is 1.77 bits per heavy atom. The highest BCUT2D eigenvalue weighted by molar-refractivity contribution is 6.39. The molecule has 1 N–H and O–H groups in total. The van der Waals surface area contributed by atoms with Crippen LogP contribution in [-0.2, 0) is 16.2 Å². The zero-order chi connectivity index (χ0) is 25.1. The van der Waals surface area contributed by atoms with Crippen molar-refractivity contribution >= 4 is 47.2 Å². The lowest BCUT2D eigenvalue weighted by Crippen LogP contribution is -2.54. The molecule has 4 amide bonds. The summed E-state index contributed by atoms with van der Waals surface area (Å²) in [6.45, 7) is 1.90. The van der Waals surface area contributed by atoms with Crippen LogP contribution in [0, 0.1) is 6.92 Å². The summed E-state index contributed by atoms with van der Waals surface area (Å²) in [7, 11) is 0. The van der Waals surface area contributed by atoms with Crippen molar-refractivity contribution in [3.63, 3.8) is 0 Å². The van der Waals surface area contributed by atoms with Crippen LogP contribution in [0.15, 0.2) is 72.3 Å². The Hall–Kier alpha value is -4.43. The first-order valence-corrected chi connectivity index (χ1v) is 10.8. The molecule has 35 heavy (non-hydrogen) atoms. The first-order chi connectivity index (χ1) is 16.7. The number of hydrogen-bond donors (Lipinski definition) is 1. The number of rotatable bonds is 6. The van der Waals surface area contributed by atoms with Gasteiger partial charge in [-0.2, -0.15) is 0 Å². The van der Waals surface area contributed by atoms with Gasteiger partial charge in [0.15, 0.2) is 0 Å². The fourth-order valence-electron chi connectivity index (χ4n) is 3.40. The number of carboxylic acids is 1. The van der Waals surface area contributed by atoms with E-state index in [9.17, 15) is 24.3 Å². The van der Waals surface area contributed by atoms with Crippen LogP contribution < -0.4 is 20.1 Å². The smallest absolute Gasteiger partial charge is 0.335 e. The Bertz CT molecular complexity index is 1380. The second-order valence-corrected chi connectivity index (χ2v) is 8.11. The van der Waals surface area contributed by atoms with E-state index in [0.29, 0.717) is 21.9 Å². The summed E-state index contributed by atoms with van der Waals surface area (Å²) in [5, 5.41) is 13.5. The van der Waals surface area contributed by atoms with Gasteiger partial charge in [0.25, 0.3) is 11.8 Å². The van der Waals surface area contributed by atoms with E-state index in [-0.39, 0.29) is 23.4 Å². The molecule has 8 nitrogen and oxygen atoms in total. The zero-order valence-electron chi connectivity index (χ0n) is 18.4. The van der Waals surface area contributed by atoms with Gasteiger partial charge in [0.1, 0.15) is 17.9 Å². The number of imide groups is 2. The number of ether oxygens (including phenoxy) is 1. The second kappa shape index (κ2) is 9.82. The van der Waals surface area contributed by atoms with E-state index in [4.69, 9.17) is 16.3 Å². The lowest BCUT2D eigenvalue weighted by molar-refractivity contribution is -0.255. The third-order valence-corrected chi connectivity index (χ3v) is 5.73. The summed E-state index contributed by atoms with van der Waals surface area (Å²) in [5.41, 5.74) is 1.94. The first kappa shape index (κ1) is 23.7. The van der Waals surface area contributed by atoms with Gasteiger partial charge in [-0.15, -0.1) is 0 Å². The maximum Gasteiger partial charge on any atom is 0.335 e. The molecule has 1 fully saturated rings. The fourth-order valence-corrected chi connectivity index (χ4v) is 3.57. The van der Waals surface area contributed by atoms with Gasteiger partial charge >= 0.3 is 6.03 Å². The molecule has 0 saturated carbocycles. The van der Waals surface area contributed by atoms with Crippen LogP contribution in [0.25, 0.3) is 6.08 Å². The van der Waals surface area contributed by atoms with Crippen LogP contribution in [0.3, 0.4) is 0 Å². The Kier molecular flexibility index (Phi) is 6.66. The molecule has 0 unspecified atom stereocenters. The van der Waals surface area contributed by atoms with Crippen LogP contribution in [0.5, 0.6) is 5.75 Å². The Morgan fingerprint density at radius 1 is 1.06 bits per heavy atom. The fraction of sp³-hybridized carbons (Fsp3) is 0.0769. The predicted molar refractivity (Wildman–Crippen MR) is 127 cm³/mol. The number of carboxylic acid groups (broad SMARTS) is 1. The molecule has 1 aliphatic heterocycles. The van der Waals surface area contributed by atoms with Crippen LogP contribution in [0.2, 0.25) is 5.02 Å². The molecule has 3 aromatic rings. The van der Waals surface area contributed by atoms with Crippen molar-refractivity contribution in [1.29, 1.82) is 0 Å². The molecule has 176 valence electrons. The van der Waals surface area contributed by atoms with Gasteiger partial charge in [0.2, 0.25) is 0 Å². The van der Waals surface area contributed by atoms with Crippen molar-refractivity contribution < 1.29 is 29.0 Å². The molecule has 1 heterocycles. The molecule has 1 saturated heterocycles. The van der Waals surface area contributed by atoms with Gasteiger partial charge in [-0.3, -0.25) is 14.9 Å². The average Bonchev–Trinajstić information content (AvgIpc) is 2.83. The van der Waals surface area contributed by atoms with E-state index in [2.05, 4.69) is 5.32 Å². The number of amides is 4. The molecule has 0 radical (unpaired) electrons. The van der Waals surface area contributed by atoms with E-state index in [0.717, 1.165) is 10.5 Å². The van der Waals surface area contributed by atoms with E-state index < -0.39 is 23.8 Å². The third kappa shape index (κ3) is 5.07. The number of nitrogens with one attached hydrogen (secondary N) is 1. The van der Waals surface area contributed by atoms with Crippen LogP contribution in [0.4, 0.5) is 10.5 Å². The zero-order valence-corrected chi connectivity index (χ0v) is 19.2. The van der Waals surface area contributed by atoms with Gasteiger partial charge < -0.3 is 14.6 Å². The van der Waals surface area contributed by atoms with Crippen LogP contribution >= 0.6 is 11.6 Å². The van der Waals surface area contributed by atoms with Gasteiger partial charge in [-0.1, -0.05) is 60.1 Å². The number of anilines is 1. The molecular formula is C26H18ClN2O6-.